The number of aliphatic hydroxyl groups is 1. The molecule has 1 N–H and O–H groups in total. The summed E-state index contributed by atoms with van der Waals surface area (Å²) in [5, 5.41) is 9.27. The van der Waals surface area contributed by atoms with Crippen LogP contribution in [0.5, 0.6) is 0 Å². The Bertz CT molecular complexity index is 1160. The zero-order valence-electron chi connectivity index (χ0n) is 24.2. The minimum absolute atomic E-state index is 0.0773. The fraction of sp³-hybridized carbons (Fsp3) is 0.594. The molecule has 1 unspecified atom stereocenters. The monoisotopic (exact) mass is 565 g/mol. The lowest BCUT2D eigenvalue weighted by molar-refractivity contribution is -0.154. The molecule has 5 rings (SSSR count). The van der Waals surface area contributed by atoms with Crippen molar-refractivity contribution < 1.29 is 29.0 Å². The van der Waals surface area contributed by atoms with Crippen molar-refractivity contribution in [3.63, 3.8) is 0 Å². The normalized spacial score (nSPS) is 30.4. The average molecular weight is 566 g/mol. The number of benzene rings is 1. The van der Waals surface area contributed by atoms with E-state index in [-0.39, 0.29) is 18.4 Å². The van der Waals surface area contributed by atoms with Gasteiger partial charge in [-0.15, -0.1) is 0 Å². The lowest BCUT2D eigenvalue weighted by Crippen LogP contribution is -2.55. The van der Waals surface area contributed by atoms with Crippen molar-refractivity contribution in [3.05, 3.63) is 48.6 Å². The number of fused-ring (bicyclic) bond motifs is 2. The van der Waals surface area contributed by atoms with Gasteiger partial charge in [0.1, 0.15) is 17.6 Å². The standard InChI is InChI=1S/C32H43N3O6/c1-3-33(4-2)23-14-16-24(17-15-23)34-20-12-18-32-27(26-25(41-32)13-8-5-6-11-22-40-31(26)39)29(37)35(28(32)30(34)38)19-9-7-10-21-36/h8,12-18,25-28,36H,3-7,9-11,19-22H2,1-2H3/b13-8-/t25-,26+,27-,28?,32-/m0/s1. The van der Waals surface area contributed by atoms with E-state index in [2.05, 4.69) is 18.7 Å². The van der Waals surface area contributed by atoms with Crippen LogP contribution in [-0.4, -0.2) is 84.9 Å². The summed E-state index contributed by atoms with van der Waals surface area (Å²) in [6.07, 6.45) is 11.5. The van der Waals surface area contributed by atoms with Gasteiger partial charge in [0.15, 0.2) is 0 Å². The second-order valence-electron chi connectivity index (χ2n) is 11.3. The predicted molar refractivity (Wildman–Crippen MR) is 156 cm³/mol. The van der Waals surface area contributed by atoms with Crippen LogP contribution in [0.1, 0.15) is 52.4 Å². The van der Waals surface area contributed by atoms with E-state index < -0.39 is 35.6 Å². The molecule has 2 saturated heterocycles. The van der Waals surface area contributed by atoms with Gasteiger partial charge in [-0.1, -0.05) is 24.3 Å². The smallest absolute Gasteiger partial charge is 0.312 e. The van der Waals surface area contributed by atoms with Crippen LogP contribution in [0.2, 0.25) is 0 Å². The summed E-state index contributed by atoms with van der Waals surface area (Å²) < 4.78 is 12.3. The van der Waals surface area contributed by atoms with E-state index in [1.807, 2.05) is 48.6 Å². The number of hydrogen-bond acceptors (Lipinski definition) is 7. The van der Waals surface area contributed by atoms with Gasteiger partial charge in [0, 0.05) is 44.2 Å². The second kappa shape index (κ2) is 12.8. The molecule has 4 aliphatic heterocycles. The van der Waals surface area contributed by atoms with Gasteiger partial charge >= 0.3 is 5.97 Å². The molecule has 0 aliphatic carbocycles. The number of rotatable bonds is 9. The Balaban J connectivity index is 1.52. The highest BCUT2D eigenvalue weighted by Gasteiger charge is 2.71. The summed E-state index contributed by atoms with van der Waals surface area (Å²) in [5.74, 6) is -2.57. The van der Waals surface area contributed by atoms with E-state index in [1.54, 1.807) is 9.80 Å². The molecule has 0 radical (unpaired) electrons. The first-order valence-corrected chi connectivity index (χ1v) is 15.2. The summed E-state index contributed by atoms with van der Waals surface area (Å²) in [6.45, 7) is 7.06. The number of esters is 1. The molecule has 2 amide bonds. The molecule has 9 nitrogen and oxygen atoms in total. The highest BCUT2D eigenvalue weighted by Crippen LogP contribution is 2.53. The Morgan fingerprint density at radius 1 is 1.00 bits per heavy atom. The van der Waals surface area contributed by atoms with Gasteiger partial charge < -0.3 is 29.3 Å². The van der Waals surface area contributed by atoms with Crippen LogP contribution in [0.25, 0.3) is 0 Å². The van der Waals surface area contributed by atoms with Gasteiger partial charge in [-0.2, -0.15) is 0 Å². The van der Waals surface area contributed by atoms with Gasteiger partial charge in [0.25, 0.3) is 5.91 Å². The van der Waals surface area contributed by atoms with Gasteiger partial charge in [0.05, 0.1) is 18.6 Å². The van der Waals surface area contributed by atoms with Crippen molar-refractivity contribution in [3.8, 4) is 0 Å². The highest BCUT2D eigenvalue weighted by molar-refractivity contribution is 6.05. The van der Waals surface area contributed by atoms with E-state index in [4.69, 9.17) is 9.47 Å². The molecule has 1 aromatic rings. The van der Waals surface area contributed by atoms with E-state index >= 15 is 0 Å². The van der Waals surface area contributed by atoms with E-state index in [9.17, 15) is 19.5 Å². The Morgan fingerprint density at radius 3 is 2.51 bits per heavy atom. The summed E-state index contributed by atoms with van der Waals surface area (Å²) >= 11 is 0. The van der Waals surface area contributed by atoms with Crippen molar-refractivity contribution in [2.24, 2.45) is 11.8 Å². The first-order chi connectivity index (χ1) is 20.0. The largest absolute Gasteiger partial charge is 0.465 e. The number of cyclic esters (lactones) is 1. The number of unbranched alkanes of at least 4 members (excludes halogenated alkanes) is 2. The number of amides is 2. The van der Waals surface area contributed by atoms with Crippen molar-refractivity contribution in [1.29, 1.82) is 0 Å². The van der Waals surface area contributed by atoms with Gasteiger partial charge in [-0.3, -0.25) is 14.4 Å². The fourth-order valence-corrected chi connectivity index (χ4v) is 6.89. The van der Waals surface area contributed by atoms with Gasteiger partial charge in [-0.25, -0.2) is 0 Å². The third kappa shape index (κ3) is 5.42. The molecular weight excluding hydrogens is 522 g/mol. The van der Waals surface area contributed by atoms with E-state index in [1.165, 1.54) is 0 Å². The van der Waals surface area contributed by atoms with Crippen LogP contribution in [0.15, 0.2) is 48.6 Å². The highest BCUT2D eigenvalue weighted by atomic mass is 16.6. The number of aliphatic hydroxyl groups excluding tert-OH is 1. The molecule has 41 heavy (non-hydrogen) atoms. The summed E-state index contributed by atoms with van der Waals surface area (Å²) in [7, 11) is 0. The van der Waals surface area contributed by atoms with Crippen LogP contribution >= 0.6 is 0 Å². The summed E-state index contributed by atoms with van der Waals surface area (Å²) in [4.78, 5) is 47.7. The number of nitrogens with zero attached hydrogens (tertiary/aromatic N) is 3. The third-order valence-corrected chi connectivity index (χ3v) is 8.95. The van der Waals surface area contributed by atoms with Gasteiger partial charge in [-0.05, 0) is 76.6 Å². The summed E-state index contributed by atoms with van der Waals surface area (Å²) in [5.41, 5.74) is 0.565. The lowest BCUT2D eigenvalue weighted by Gasteiger charge is -2.35. The number of anilines is 2. The molecule has 1 aromatic carbocycles. The van der Waals surface area contributed by atoms with Crippen LogP contribution < -0.4 is 9.80 Å². The number of hydrogen-bond donors (Lipinski definition) is 1. The van der Waals surface area contributed by atoms with Crippen molar-refractivity contribution in [2.45, 2.75) is 70.1 Å². The van der Waals surface area contributed by atoms with Crippen LogP contribution in [0, 0.1) is 11.8 Å². The average Bonchev–Trinajstić information content (AvgIpc) is 3.36. The lowest BCUT2D eigenvalue weighted by atomic mass is 9.78. The fourth-order valence-electron chi connectivity index (χ4n) is 6.89. The molecule has 0 bridgehead atoms. The molecular formula is C32H43N3O6. The topological polar surface area (TPSA) is 99.6 Å². The second-order valence-corrected chi connectivity index (χ2v) is 11.3. The molecule has 1 spiro atoms. The van der Waals surface area contributed by atoms with Crippen LogP contribution in [0.3, 0.4) is 0 Å². The SMILES string of the molecule is CCN(CC)c1ccc(N2CC=C[C@]34O[C@H]5/C=C\CCCCOC(=O)[C@H]5[C@H]3C(=O)N(CCCCCO)C4C2=O)cc1. The van der Waals surface area contributed by atoms with Gasteiger partial charge in [0.2, 0.25) is 5.91 Å². The predicted octanol–water partition coefficient (Wildman–Crippen LogP) is 3.46. The third-order valence-electron chi connectivity index (χ3n) is 8.95. The minimum Gasteiger partial charge on any atom is -0.465 e. The molecule has 4 heterocycles. The maximum absolute atomic E-state index is 14.5. The van der Waals surface area contributed by atoms with Crippen LogP contribution in [0.4, 0.5) is 11.4 Å². The first kappa shape index (κ1) is 29.3. The molecule has 0 aromatic heterocycles. The molecule has 5 atom stereocenters. The Morgan fingerprint density at radius 2 is 1.78 bits per heavy atom. The zero-order valence-corrected chi connectivity index (χ0v) is 24.2. The Kier molecular flexibility index (Phi) is 9.14. The maximum Gasteiger partial charge on any atom is 0.312 e. The number of ether oxygens (including phenoxy) is 2. The number of likely N-dealkylation sites (tertiary alicyclic amines) is 1. The summed E-state index contributed by atoms with van der Waals surface area (Å²) in [6, 6.07) is 7.04. The molecule has 0 saturated carbocycles. The Hall–Kier alpha value is -3.17. The Labute approximate surface area is 242 Å². The minimum atomic E-state index is -1.27. The molecule has 4 aliphatic rings. The van der Waals surface area contributed by atoms with Crippen molar-refractivity contribution >= 4 is 29.2 Å². The van der Waals surface area contributed by atoms with Crippen LogP contribution in [-0.2, 0) is 23.9 Å². The maximum atomic E-state index is 14.5. The number of carbonyl (C=O) groups excluding carboxylic acids is 3. The number of allylic oxidation sites excluding steroid dienone is 1. The molecule has 222 valence electrons. The number of carbonyl (C=O) groups is 3. The molecule has 2 fully saturated rings. The van der Waals surface area contributed by atoms with E-state index in [0.29, 0.717) is 32.5 Å². The quantitative estimate of drug-likeness (QED) is 0.278. The van der Waals surface area contributed by atoms with Crippen molar-refractivity contribution in [2.75, 3.05) is 49.2 Å². The zero-order chi connectivity index (χ0) is 29.0. The van der Waals surface area contributed by atoms with E-state index in [0.717, 1.165) is 50.1 Å². The first-order valence-electron chi connectivity index (χ1n) is 15.2. The van der Waals surface area contributed by atoms with Crippen molar-refractivity contribution in [1.82, 2.24) is 4.90 Å². The molecule has 9 heteroatoms.